The predicted molar refractivity (Wildman–Crippen MR) is 99.4 cm³/mol. The molecule has 1 aliphatic rings. The summed E-state index contributed by atoms with van der Waals surface area (Å²) in [7, 11) is 0. The summed E-state index contributed by atoms with van der Waals surface area (Å²) in [5.41, 5.74) is 2.31. The summed E-state index contributed by atoms with van der Waals surface area (Å²) in [5.74, 6) is 1.67. The van der Waals surface area contributed by atoms with E-state index in [-0.39, 0.29) is 0 Å². The Bertz CT molecular complexity index is 672. The van der Waals surface area contributed by atoms with Gasteiger partial charge in [0.2, 0.25) is 5.95 Å². The van der Waals surface area contributed by atoms with Gasteiger partial charge in [0.05, 0.1) is 19.4 Å². The van der Waals surface area contributed by atoms with Crippen LogP contribution in [0.15, 0.2) is 30.5 Å². The number of hydrogen-bond donors (Lipinski definition) is 2. The molecular weight excluding hydrogens is 316 g/mol. The van der Waals surface area contributed by atoms with E-state index in [1.165, 1.54) is 5.56 Å². The molecule has 1 aromatic carbocycles. The quantitative estimate of drug-likeness (QED) is 0.800. The number of ether oxygens (including phenoxy) is 1. The Balaban J connectivity index is 1.58. The lowest BCUT2D eigenvalue weighted by Crippen LogP contribution is -2.39. The number of anilines is 3. The molecule has 0 atom stereocenters. The average Bonchev–Trinajstić information content (AvgIpc) is 2.63. The minimum Gasteiger partial charge on any atom is -0.379 e. The molecule has 2 heterocycles. The summed E-state index contributed by atoms with van der Waals surface area (Å²) in [6.45, 7) is 9.67. The highest BCUT2D eigenvalue weighted by molar-refractivity contribution is 5.61. The van der Waals surface area contributed by atoms with Crippen molar-refractivity contribution >= 4 is 17.5 Å². The van der Waals surface area contributed by atoms with Gasteiger partial charge in [0.15, 0.2) is 5.82 Å². The van der Waals surface area contributed by atoms with Crippen LogP contribution in [0.4, 0.5) is 17.5 Å². The zero-order valence-corrected chi connectivity index (χ0v) is 14.9. The average molecular weight is 342 g/mol. The topological polar surface area (TPSA) is 75.2 Å². The summed E-state index contributed by atoms with van der Waals surface area (Å²) in [6.07, 6.45) is 1.64. The number of rotatable bonds is 7. The number of morpholine rings is 1. The maximum absolute atomic E-state index is 5.36. The largest absolute Gasteiger partial charge is 0.379 e. The highest BCUT2D eigenvalue weighted by Gasteiger charge is 2.10. The van der Waals surface area contributed by atoms with Crippen LogP contribution in [0.3, 0.4) is 0 Å². The maximum atomic E-state index is 5.36. The van der Waals surface area contributed by atoms with Crippen LogP contribution in [0.25, 0.3) is 0 Å². The van der Waals surface area contributed by atoms with E-state index < -0.39 is 0 Å². The Hall–Kier alpha value is -2.25. The van der Waals surface area contributed by atoms with Crippen molar-refractivity contribution in [3.05, 3.63) is 36.0 Å². The van der Waals surface area contributed by atoms with E-state index in [0.717, 1.165) is 45.1 Å². The first-order valence-corrected chi connectivity index (χ1v) is 8.82. The number of hydrogen-bond acceptors (Lipinski definition) is 7. The van der Waals surface area contributed by atoms with Crippen LogP contribution in [0.2, 0.25) is 0 Å². The fraction of sp³-hybridized carbons (Fsp3) is 0.500. The molecule has 2 aromatic rings. The van der Waals surface area contributed by atoms with E-state index in [1.54, 1.807) is 6.20 Å². The lowest BCUT2D eigenvalue weighted by atomic mass is 10.0. The lowest BCUT2D eigenvalue weighted by Gasteiger charge is -2.26. The molecule has 1 aromatic heterocycles. The first kappa shape index (κ1) is 17.6. The first-order chi connectivity index (χ1) is 12.2. The number of para-hydroxylation sites is 1. The highest BCUT2D eigenvalue weighted by Crippen LogP contribution is 2.26. The minimum atomic E-state index is 0.435. The van der Waals surface area contributed by atoms with Crippen molar-refractivity contribution in [2.75, 3.05) is 50.0 Å². The number of benzene rings is 1. The van der Waals surface area contributed by atoms with Crippen LogP contribution in [-0.2, 0) is 4.74 Å². The third-order valence-corrected chi connectivity index (χ3v) is 4.22. The molecule has 7 heteroatoms. The van der Waals surface area contributed by atoms with E-state index in [9.17, 15) is 0 Å². The second-order valence-electron chi connectivity index (χ2n) is 6.41. The molecular formula is C18H26N6O. The molecule has 0 aliphatic carbocycles. The summed E-state index contributed by atoms with van der Waals surface area (Å²) in [5, 5.41) is 14.7. The Morgan fingerprint density at radius 3 is 2.80 bits per heavy atom. The highest BCUT2D eigenvalue weighted by atomic mass is 16.5. The fourth-order valence-corrected chi connectivity index (χ4v) is 2.84. The van der Waals surface area contributed by atoms with E-state index in [1.807, 2.05) is 6.07 Å². The molecule has 2 N–H and O–H groups in total. The van der Waals surface area contributed by atoms with Crippen molar-refractivity contribution < 1.29 is 4.74 Å². The molecule has 0 bridgehead atoms. The Labute approximate surface area is 148 Å². The second-order valence-corrected chi connectivity index (χ2v) is 6.41. The smallest absolute Gasteiger partial charge is 0.244 e. The molecule has 0 radical (unpaired) electrons. The molecule has 1 fully saturated rings. The SMILES string of the molecule is CC(C)c1ccccc1Nc1cnnc(NCCN2CCOCC2)n1. The van der Waals surface area contributed by atoms with Gasteiger partial charge in [-0.1, -0.05) is 32.0 Å². The zero-order valence-electron chi connectivity index (χ0n) is 14.9. The van der Waals surface area contributed by atoms with Crippen LogP contribution in [0.1, 0.15) is 25.3 Å². The molecule has 0 spiro atoms. The standard InChI is InChI=1S/C18H26N6O/c1-14(2)15-5-3-4-6-16(15)21-17-13-20-23-18(22-17)19-7-8-24-9-11-25-12-10-24/h3-6,13-14H,7-12H2,1-2H3,(H2,19,21,22,23). The van der Waals surface area contributed by atoms with Crippen LogP contribution < -0.4 is 10.6 Å². The van der Waals surface area contributed by atoms with Gasteiger partial charge in [-0.15, -0.1) is 5.10 Å². The van der Waals surface area contributed by atoms with Gasteiger partial charge in [-0.3, -0.25) is 4.90 Å². The molecule has 7 nitrogen and oxygen atoms in total. The van der Waals surface area contributed by atoms with Crippen molar-refractivity contribution in [3.63, 3.8) is 0 Å². The van der Waals surface area contributed by atoms with E-state index in [0.29, 0.717) is 17.7 Å². The van der Waals surface area contributed by atoms with Gasteiger partial charge in [0, 0.05) is 31.9 Å². The van der Waals surface area contributed by atoms with Gasteiger partial charge in [0.1, 0.15) is 0 Å². The fourth-order valence-electron chi connectivity index (χ4n) is 2.84. The molecule has 25 heavy (non-hydrogen) atoms. The Morgan fingerprint density at radius 1 is 1.20 bits per heavy atom. The van der Waals surface area contributed by atoms with E-state index in [2.05, 4.69) is 62.8 Å². The summed E-state index contributed by atoms with van der Waals surface area (Å²) in [6, 6.07) is 8.26. The Morgan fingerprint density at radius 2 is 2.00 bits per heavy atom. The molecule has 1 saturated heterocycles. The Kier molecular flexibility index (Phi) is 6.14. The second kappa shape index (κ2) is 8.73. The zero-order chi connectivity index (χ0) is 17.5. The number of nitrogens with zero attached hydrogens (tertiary/aromatic N) is 4. The summed E-state index contributed by atoms with van der Waals surface area (Å²) >= 11 is 0. The maximum Gasteiger partial charge on any atom is 0.244 e. The van der Waals surface area contributed by atoms with Crippen molar-refractivity contribution in [1.29, 1.82) is 0 Å². The van der Waals surface area contributed by atoms with Crippen molar-refractivity contribution in [1.82, 2.24) is 20.1 Å². The third kappa shape index (κ3) is 5.11. The third-order valence-electron chi connectivity index (χ3n) is 4.22. The normalized spacial score (nSPS) is 15.3. The lowest BCUT2D eigenvalue weighted by molar-refractivity contribution is 0.0398. The van der Waals surface area contributed by atoms with Crippen LogP contribution in [-0.4, -0.2) is 59.5 Å². The van der Waals surface area contributed by atoms with Crippen LogP contribution >= 0.6 is 0 Å². The van der Waals surface area contributed by atoms with Gasteiger partial charge in [0.25, 0.3) is 0 Å². The van der Waals surface area contributed by atoms with Gasteiger partial charge >= 0.3 is 0 Å². The summed E-state index contributed by atoms with van der Waals surface area (Å²) in [4.78, 5) is 6.88. The predicted octanol–water partition coefficient (Wildman–Crippen LogP) is 2.48. The van der Waals surface area contributed by atoms with Crippen molar-refractivity contribution in [2.45, 2.75) is 19.8 Å². The van der Waals surface area contributed by atoms with Gasteiger partial charge < -0.3 is 15.4 Å². The number of nitrogens with one attached hydrogen (secondary N) is 2. The van der Waals surface area contributed by atoms with Gasteiger partial charge in [-0.2, -0.15) is 10.1 Å². The van der Waals surface area contributed by atoms with Gasteiger partial charge in [-0.05, 0) is 17.5 Å². The van der Waals surface area contributed by atoms with E-state index >= 15 is 0 Å². The van der Waals surface area contributed by atoms with Gasteiger partial charge in [-0.25, -0.2) is 0 Å². The molecule has 3 rings (SSSR count). The first-order valence-electron chi connectivity index (χ1n) is 8.82. The monoisotopic (exact) mass is 342 g/mol. The molecule has 134 valence electrons. The van der Waals surface area contributed by atoms with Crippen LogP contribution in [0, 0.1) is 0 Å². The molecule has 1 aliphatic heterocycles. The van der Waals surface area contributed by atoms with Crippen LogP contribution in [0.5, 0.6) is 0 Å². The minimum absolute atomic E-state index is 0.435. The number of aromatic nitrogens is 3. The van der Waals surface area contributed by atoms with Crippen molar-refractivity contribution in [2.24, 2.45) is 0 Å². The molecule has 0 saturated carbocycles. The summed E-state index contributed by atoms with van der Waals surface area (Å²) < 4.78 is 5.36. The van der Waals surface area contributed by atoms with Crippen molar-refractivity contribution in [3.8, 4) is 0 Å². The molecule has 0 unspecified atom stereocenters. The van der Waals surface area contributed by atoms with E-state index in [4.69, 9.17) is 4.74 Å². The molecule has 0 amide bonds.